The summed E-state index contributed by atoms with van der Waals surface area (Å²) in [5, 5.41) is 0. The molecule has 0 aromatic heterocycles. The molecule has 0 amide bonds. The third kappa shape index (κ3) is 4.31. The fraction of sp³-hybridized carbons (Fsp3) is 1.00. The van der Waals surface area contributed by atoms with Crippen molar-refractivity contribution < 1.29 is 8.42 Å². The Morgan fingerprint density at radius 2 is 1.91 bits per heavy atom. The summed E-state index contributed by atoms with van der Waals surface area (Å²) in [7, 11) is -2.03. The minimum Gasteiger partial charge on any atom is -0.329 e. The molecule has 0 aliphatic heterocycles. The molecular weight excluding hydrogens is 166 g/mol. The molecule has 0 aromatic carbocycles. The van der Waals surface area contributed by atoms with Crippen LogP contribution in [-0.4, -0.2) is 27.5 Å². The van der Waals surface area contributed by atoms with E-state index in [1.54, 1.807) is 13.8 Å². The molecule has 0 saturated carbocycles. The Kier molecular flexibility index (Phi) is 3.43. The van der Waals surface area contributed by atoms with E-state index >= 15 is 0 Å². The molecule has 0 bridgehead atoms. The molecule has 0 aliphatic carbocycles. The zero-order valence-electron chi connectivity index (χ0n) is 7.01. The van der Waals surface area contributed by atoms with Crippen molar-refractivity contribution in [1.29, 1.82) is 0 Å². The van der Waals surface area contributed by atoms with Crippen LogP contribution in [0.4, 0.5) is 0 Å². The van der Waals surface area contributed by atoms with E-state index < -0.39 is 15.7 Å². The van der Waals surface area contributed by atoms with Gasteiger partial charge in [-0.2, -0.15) is 13.1 Å². The second kappa shape index (κ2) is 3.48. The minimum absolute atomic E-state index is 0.258. The monoisotopic (exact) mass is 181 g/mol. The molecule has 0 saturated heterocycles. The van der Waals surface area contributed by atoms with E-state index in [0.717, 1.165) is 0 Å². The van der Waals surface area contributed by atoms with E-state index in [2.05, 4.69) is 9.44 Å². The zero-order chi connectivity index (χ0) is 9.12. The molecule has 0 rings (SSSR count). The SMILES string of the molecule is CNS(=O)(=O)NC(C)(C)CN. The highest BCUT2D eigenvalue weighted by Gasteiger charge is 2.21. The third-order valence-electron chi connectivity index (χ3n) is 1.19. The van der Waals surface area contributed by atoms with Crippen molar-refractivity contribution in [3.63, 3.8) is 0 Å². The lowest BCUT2D eigenvalue weighted by Gasteiger charge is -2.23. The van der Waals surface area contributed by atoms with Gasteiger partial charge < -0.3 is 5.73 Å². The number of hydrogen-bond donors (Lipinski definition) is 3. The van der Waals surface area contributed by atoms with E-state index in [0.29, 0.717) is 0 Å². The highest BCUT2D eigenvalue weighted by molar-refractivity contribution is 7.87. The van der Waals surface area contributed by atoms with Crippen LogP contribution in [0.5, 0.6) is 0 Å². The van der Waals surface area contributed by atoms with Gasteiger partial charge in [0.05, 0.1) is 0 Å². The summed E-state index contributed by atoms with van der Waals surface area (Å²) >= 11 is 0. The molecule has 6 heteroatoms. The van der Waals surface area contributed by atoms with Gasteiger partial charge in [-0.05, 0) is 13.8 Å². The third-order valence-corrected chi connectivity index (χ3v) is 2.55. The van der Waals surface area contributed by atoms with Gasteiger partial charge in [0.15, 0.2) is 0 Å². The number of nitrogens with one attached hydrogen (secondary N) is 2. The highest BCUT2D eigenvalue weighted by atomic mass is 32.2. The summed E-state index contributed by atoms with van der Waals surface area (Å²) in [6.45, 7) is 3.68. The van der Waals surface area contributed by atoms with Crippen LogP contribution < -0.4 is 15.2 Å². The molecule has 0 fully saturated rings. The van der Waals surface area contributed by atoms with Crippen LogP contribution in [0, 0.1) is 0 Å². The van der Waals surface area contributed by atoms with Gasteiger partial charge in [0, 0.05) is 19.1 Å². The molecule has 0 unspecified atom stereocenters. The number of hydrogen-bond acceptors (Lipinski definition) is 3. The summed E-state index contributed by atoms with van der Waals surface area (Å²) < 4.78 is 26.3. The van der Waals surface area contributed by atoms with Crippen molar-refractivity contribution in [2.24, 2.45) is 5.73 Å². The maximum Gasteiger partial charge on any atom is 0.277 e. The Morgan fingerprint density at radius 3 is 2.18 bits per heavy atom. The maximum absolute atomic E-state index is 10.9. The Hall–Kier alpha value is -0.170. The van der Waals surface area contributed by atoms with Gasteiger partial charge >= 0.3 is 0 Å². The first-order valence-corrected chi connectivity index (χ1v) is 4.74. The van der Waals surface area contributed by atoms with Crippen LogP contribution in [0.3, 0.4) is 0 Å². The van der Waals surface area contributed by atoms with Crippen molar-refractivity contribution in [3.05, 3.63) is 0 Å². The largest absolute Gasteiger partial charge is 0.329 e. The van der Waals surface area contributed by atoms with Gasteiger partial charge in [0.25, 0.3) is 10.2 Å². The molecular formula is C5H15N3O2S. The smallest absolute Gasteiger partial charge is 0.277 e. The van der Waals surface area contributed by atoms with Crippen molar-refractivity contribution in [1.82, 2.24) is 9.44 Å². The minimum atomic E-state index is -3.37. The van der Waals surface area contributed by atoms with E-state index in [1.165, 1.54) is 7.05 Å². The number of nitrogens with two attached hydrogens (primary N) is 1. The van der Waals surface area contributed by atoms with Gasteiger partial charge in [-0.1, -0.05) is 0 Å². The fourth-order valence-electron chi connectivity index (χ4n) is 0.456. The first-order valence-electron chi connectivity index (χ1n) is 3.25. The van der Waals surface area contributed by atoms with Crippen LogP contribution in [0.25, 0.3) is 0 Å². The summed E-state index contributed by atoms with van der Waals surface area (Å²) in [6, 6.07) is 0. The Labute approximate surface area is 67.5 Å². The molecule has 0 heterocycles. The first kappa shape index (κ1) is 10.8. The normalized spacial score (nSPS) is 13.5. The fourth-order valence-corrected chi connectivity index (χ4v) is 1.37. The Balaban J connectivity index is 4.26. The van der Waals surface area contributed by atoms with E-state index in [1.807, 2.05) is 0 Å². The second-order valence-electron chi connectivity index (χ2n) is 2.90. The Morgan fingerprint density at radius 1 is 1.45 bits per heavy atom. The van der Waals surface area contributed by atoms with Crippen LogP contribution in [0.15, 0.2) is 0 Å². The standard InChI is InChI=1S/C5H15N3O2S/c1-5(2,4-6)8-11(9,10)7-3/h7-8H,4,6H2,1-3H3. The average molecular weight is 181 g/mol. The van der Waals surface area contributed by atoms with Gasteiger partial charge in [0.2, 0.25) is 0 Å². The predicted molar refractivity (Wildman–Crippen MR) is 44.2 cm³/mol. The van der Waals surface area contributed by atoms with Crippen molar-refractivity contribution >= 4 is 10.2 Å². The summed E-state index contributed by atoms with van der Waals surface area (Å²) in [5.74, 6) is 0. The van der Waals surface area contributed by atoms with Gasteiger partial charge in [-0.3, -0.25) is 0 Å². The molecule has 0 atom stereocenters. The van der Waals surface area contributed by atoms with E-state index in [-0.39, 0.29) is 6.54 Å². The zero-order valence-corrected chi connectivity index (χ0v) is 7.83. The average Bonchev–Trinajstić information content (AvgIpc) is 1.86. The van der Waals surface area contributed by atoms with E-state index in [4.69, 9.17) is 5.73 Å². The van der Waals surface area contributed by atoms with Crippen LogP contribution in [-0.2, 0) is 10.2 Å². The molecule has 4 N–H and O–H groups in total. The first-order chi connectivity index (χ1) is 4.83. The molecule has 68 valence electrons. The Bertz CT molecular complexity index is 210. The quantitative estimate of drug-likeness (QED) is 0.508. The summed E-state index contributed by atoms with van der Waals surface area (Å²) in [5.41, 5.74) is 4.72. The van der Waals surface area contributed by atoms with Crippen molar-refractivity contribution in [2.45, 2.75) is 19.4 Å². The van der Waals surface area contributed by atoms with Gasteiger partial charge in [-0.15, -0.1) is 0 Å². The molecule has 11 heavy (non-hydrogen) atoms. The van der Waals surface area contributed by atoms with Crippen LogP contribution >= 0.6 is 0 Å². The lowest BCUT2D eigenvalue weighted by Crippen LogP contribution is -2.51. The molecule has 0 radical (unpaired) electrons. The highest BCUT2D eigenvalue weighted by Crippen LogP contribution is 1.99. The molecule has 5 nitrogen and oxygen atoms in total. The van der Waals surface area contributed by atoms with Crippen LogP contribution in [0.2, 0.25) is 0 Å². The van der Waals surface area contributed by atoms with Crippen molar-refractivity contribution in [2.75, 3.05) is 13.6 Å². The van der Waals surface area contributed by atoms with Crippen molar-refractivity contribution in [3.8, 4) is 0 Å². The van der Waals surface area contributed by atoms with Gasteiger partial charge in [-0.25, -0.2) is 4.72 Å². The lowest BCUT2D eigenvalue weighted by atomic mass is 10.1. The van der Waals surface area contributed by atoms with Gasteiger partial charge in [0.1, 0.15) is 0 Å². The lowest BCUT2D eigenvalue weighted by molar-refractivity contribution is 0.459. The number of rotatable bonds is 4. The molecule has 0 spiro atoms. The summed E-state index contributed by atoms with van der Waals surface area (Å²) in [4.78, 5) is 0. The van der Waals surface area contributed by atoms with Crippen LogP contribution in [0.1, 0.15) is 13.8 Å². The molecule has 0 aliphatic rings. The van der Waals surface area contributed by atoms with E-state index in [9.17, 15) is 8.42 Å². The second-order valence-corrected chi connectivity index (χ2v) is 4.52. The predicted octanol–water partition coefficient (Wildman–Crippen LogP) is -1.22. The topological polar surface area (TPSA) is 84.2 Å². The maximum atomic E-state index is 10.9. The molecule has 0 aromatic rings. The summed E-state index contributed by atoms with van der Waals surface area (Å²) in [6.07, 6.45) is 0.